The maximum atomic E-state index is 4.10. The molecule has 0 bridgehead atoms. The lowest BCUT2D eigenvalue weighted by molar-refractivity contribution is 0.403. The highest BCUT2D eigenvalue weighted by Gasteiger charge is 1.87. The lowest BCUT2D eigenvalue weighted by Gasteiger charge is -2.05. The van der Waals surface area contributed by atoms with Crippen molar-refractivity contribution in [1.82, 2.24) is 4.90 Å². The molecule has 0 heterocycles. The Balaban J connectivity index is 3.24. The highest BCUT2D eigenvalue weighted by molar-refractivity contribution is 5.40. The third-order valence-electron chi connectivity index (χ3n) is 1.89. The predicted molar refractivity (Wildman–Crippen MR) is 62.3 cm³/mol. The van der Waals surface area contributed by atoms with Gasteiger partial charge < -0.3 is 4.90 Å². The number of aliphatic imine (C=N–C) groups is 2. The summed E-state index contributed by atoms with van der Waals surface area (Å²) in [5.74, 6) is 0. The fraction of sp³-hybridized carbons (Fsp3) is 0.909. The summed E-state index contributed by atoms with van der Waals surface area (Å²) in [7, 11) is 4.14. The second-order valence-electron chi connectivity index (χ2n) is 3.73. The van der Waals surface area contributed by atoms with Crippen molar-refractivity contribution in [3.8, 4) is 0 Å². The van der Waals surface area contributed by atoms with Crippen LogP contribution >= 0.6 is 0 Å². The van der Waals surface area contributed by atoms with Gasteiger partial charge in [0.2, 0.25) is 0 Å². The molecule has 0 radical (unpaired) electrons. The van der Waals surface area contributed by atoms with E-state index in [1.54, 1.807) is 0 Å². The van der Waals surface area contributed by atoms with Crippen LogP contribution in [0.3, 0.4) is 0 Å². The minimum absolute atomic E-state index is 0.843. The Morgan fingerprint density at radius 3 is 2.21 bits per heavy atom. The monoisotopic (exact) mass is 197 g/mol. The van der Waals surface area contributed by atoms with Crippen molar-refractivity contribution in [1.29, 1.82) is 0 Å². The molecule has 0 aliphatic rings. The Kier molecular flexibility index (Phi) is 9.93. The van der Waals surface area contributed by atoms with E-state index < -0.39 is 0 Å². The van der Waals surface area contributed by atoms with Gasteiger partial charge in [0, 0.05) is 6.54 Å². The summed E-state index contributed by atoms with van der Waals surface area (Å²) in [5, 5.41) is 0. The summed E-state index contributed by atoms with van der Waals surface area (Å²) in [5.41, 5.74) is 0. The van der Waals surface area contributed by atoms with Crippen LogP contribution in [-0.2, 0) is 0 Å². The normalized spacial score (nSPS) is 10.0. The van der Waals surface area contributed by atoms with Crippen molar-refractivity contribution in [2.45, 2.75) is 32.6 Å². The Morgan fingerprint density at radius 2 is 1.64 bits per heavy atom. The topological polar surface area (TPSA) is 28.0 Å². The van der Waals surface area contributed by atoms with Gasteiger partial charge in [-0.05, 0) is 33.5 Å². The lowest BCUT2D eigenvalue weighted by atomic mass is 10.3. The summed E-state index contributed by atoms with van der Waals surface area (Å²) < 4.78 is 0. The molecule has 0 aliphatic heterocycles. The number of hydrogen-bond acceptors (Lipinski definition) is 3. The van der Waals surface area contributed by atoms with Crippen molar-refractivity contribution in [3.63, 3.8) is 0 Å². The van der Waals surface area contributed by atoms with E-state index in [0.29, 0.717) is 0 Å². The first-order chi connectivity index (χ1) is 6.77. The van der Waals surface area contributed by atoms with Gasteiger partial charge in [0.05, 0.1) is 12.6 Å². The second-order valence-corrected chi connectivity index (χ2v) is 3.73. The molecule has 0 fully saturated rings. The first-order valence-corrected chi connectivity index (χ1v) is 5.50. The molecule has 0 aliphatic carbocycles. The fourth-order valence-corrected chi connectivity index (χ4v) is 1.06. The molecular formula is C11H23N3. The quantitative estimate of drug-likeness (QED) is 0.433. The van der Waals surface area contributed by atoms with Gasteiger partial charge in [0.1, 0.15) is 0 Å². The fourth-order valence-electron chi connectivity index (χ4n) is 1.06. The Morgan fingerprint density at radius 1 is 1.00 bits per heavy atom. The Bertz CT molecular complexity index is 169. The molecule has 82 valence electrons. The zero-order chi connectivity index (χ0) is 10.6. The molecule has 0 N–H and O–H groups in total. The van der Waals surface area contributed by atoms with Gasteiger partial charge in [-0.15, -0.1) is 0 Å². The largest absolute Gasteiger partial charge is 0.309 e. The number of hydrogen-bond donors (Lipinski definition) is 0. The summed E-state index contributed by atoms with van der Waals surface area (Å²) >= 11 is 0. The first-order valence-electron chi connectivity index (χ1n) is 5.50. The van der Waals surface area contributed by atoms with Crippen molar-refractivity contribution >= 4 is 6.01 Å². The summed E-state index contributed by atoms with van der Waals surface area (Å²) in [6, 6.07) is 2.75. The van der Waals surface area contributed by atoms with Crippen LogP contribution in [0, 0.1) is 0 Å². The SMILES string of the molecule is CCCCCN=C=NCCCN(C)C. The number of nitrogens with zero attached hydrogens (tertiary/aromatic N) is 3. The maximum absolute atomic E-state index is 4.10. The van der Waals surface area contributed by atoms with Crippen LogP contribution in [0.15, 0.2) is 9.98 Å². The third-order valence-corrected chi connectivity index (χ3v) is 1.89. The average Bonchev–Trinajstić information content (AvgIpc) is 2.15. The minimum atomic E-state index is 0.843. The molecule has 3 nitrogen and oxygen atoms in total. The molecule has 0 aromatic heterocycles. The molecule has 0 aromatic rings. The van der Waals surface area contributed by atoms with Crippen molar-refractivity contribution in [3.05, 3.63) is 0 Å². The molecule has 0 atom stereocenters. The standard InChI is InChI=1S/C11H23N3/c1-4-5-6-8-12-11-13-9-7-10-14(2)3/h4-10H2,1-3H3. The third kappa shape index (κ3) is 11.3. The van der Waals surface area contributed by atoms with Crippen LogP contribution in [0.25, 0.3) is 0 Å². The van der Waals surface area contributed by atoms with Gasteiger partial charge in [-0.1, -0.05) is 19.8 Å². The second kappa shape index (κ2) is 10.4. The molecule has 0 saturated heterocycles. The van der Waals surface area contributed by atoms with Gasteiger partial charge in [-0.2, -0.15) is 0 Å². The molecule has 3 heteroatoms. The van der Waals surface area contributed by atoms with E-state index >= 15 is 0 Å². The molecule has 0 unspecified atom stereocenters. The van der Waals surface area contributed by atoms with E-state index in [1.165, 1.54) is 12.8 Å². The zero-order valence-electron chi connectivity index (χ0n) is 9.79. The van der Waals surface area contributed by atoms with Crippen LogP contribution in [0.5, 0.6) is 0 Å². The van der Waals surface area contributed by atoms with Gasteiger partial charge in [-0.3, -0.25) is 0 Å². The van der Waals surface area contributed by atoms with Crippen molar-refractivity contribution in [2.24, 2.45) is 9.98 Å². The molecule has 0 rings (SSSR count). The van der Waals surface area contributed by atoms with Crippen molar-refractivity contribution in [2.75, 3.05) is 33.7 Å². The molecular weight excluding hydrogens is 174 g/mol. The summed E-state index contributed by atoms with van der Waals surface area (Å²) in [4.78, 5) is 10.4. The highest BCUT2D eigenvalue weighted by Crippen LogP contribution is 1.92. The molecule has 0 aromatic carbocycles. The highest BCUT2D eigenvalue weighted by atomic mass is 15.0. The molecule has 0 spiro atoms. The lowest BCUT2D eigenvalue weighted by Crippen LogP contribution is -2.13. The van der Waals surface area contributed by atoms with E-state index in [9.17, 15) is 0 Å². The van der Waals surface area contributed by atoms with E-state index in [2.05, 4.69) is 41.9 Å². The molecule has 0 amide bonds. The average molecular weight is 197 g/mol. The summed E-state index contributed by atoms with van der Waals surface area (Å²) in [6.07, 6.45) is 4.75. The Labute approximate surface area is 87.9 Å². The minimum Gasteiger partial charge on any atom is -0.309 e. The Hall–Kier alpha value is -0.660. The van der Waals surface area contributed by atoms with Crippen LogP contribution in [0.4, 0.5) is 0 Å². The zero-order valence-corrected chi connectivity index (χ0v) is 9.79. The summed E-state index contributed by atoms with van der Waals surface area (Å²) in [6.45, 7) is 5.00. The van der Waals surface area contributed by atoms with Gasteiger partial charge in [-0.25, -0.2) is 9.98 Å². The van der Waals surface area contributed by atoms with Crippen LogP contribution in [-0.4, -0.2) is 44.6 Å². The van der Waals surface area contributed by atoms with Gasteiger partial charge in [0.15, 0.2) is 0 Å². The van der Waals surface area contributed by atoms with Gasteiger partial charge >= 0.3 is 0 Å². The maximum Gasteiger partial charge on any atom is 0.0892 e. The van der Waals surface area contributed by atoms with E-state index in [1.807, 2.05) is 0 Å². The van der Waals surface area contributed by atoms with E-state index in [0.717, 1.165) is 32.5 Å². The van der Waals surface area contributed by atoms with Crippen LogP contribution in [0.1, 0.15) is 32.6 Å². The smallest absolute Gasteiger partial charge is 0.0892 e. The molecule has 14 heavy (non-hydrogen) atoms. The van der Waals surface area contributed by atoms with Crippen LogP contribution < -0.4 is 0 Å². The first kappa shape index (κ1) is 13.3. The number of unbranched alkanes of at least 4 members (excludes halogenated alkanes) is 2. The van der Waals surface area contributed by atoms with E-state index in [4.69, 9.17) is 0 Å². The van der Waals surface area contributed by atoms with Crippen molar-refractivity contribution < 1.29 is 0 Å². The molecule has 0 saturated carbocycles. The van der Waals surface area contributed by atoms with Crippen LogP contribution in [0.2, 0.25) is 0 Å². The van der Waals surface area contributed by atoms with E-state index in [-0.39, 0.29) is 0 Å². The predicted octanol–water partition coefficient (Wildman–Crippen LogP) is 2.30. The van der Waals surface area contributed by atoms with Gasteiger partial charge in [0.25, 0.3) is 0 Å². The number of rotatable bonds is 8.